The zero-order chi connectivity index (χ0) is 47.8. The zero-order valence-corrected chi connectivity index (χ0v) is 38.7. The Morgan fingerprint density at radius 1 is 0.769 bits per heavy atom. The second kappa shape index (κ2) is 21.2. The average molecular weight is 962 g/mol. The maximum atomic E-state index is 12.3. The maximum Gasteiger partial charge on any atom is 0.335 e. The van der Waals surface area contributed by atoms with Crippen LogP contribution in [0.5, 0.6) is 0 Å². The van der Waals surface area contributed by atoms with Crippen LogP contribution in [0.1, 0.15) is 63.5 Å². The van der Waals surface area contributed by atoms with Crippen LogP contribution in [0.4, 0.5) is 11.4 Å². The summed E-state index contributed by atoms with van der Waals surface area (Å²) >= 11 is 0. The monoisotopic (exact) mass is 961 g/mol. The number of anilines is 1. The number of amides is 2. The van der Waals surface area contributed by atoms with Crippen molar-refractivity contribution in [3.05, 3.63) is 95.8 Å². The number of carbonyl (C=O) groups excluding carboxylic acids is 3. The molecule has 0 aliphatic carbocycles. The fourth-order valence-electron chi connectivity index (χ4n) is 8.18. The van der Waals surface area contributed by atoms with Crippen molar-refractivity contribution in [1.82, 2.24) is 5.06 Å². The van der Waals surface area contributed by atoms with E-state index in [1.54, 1.807) is 49.4 Å². The minimum Gasteiger partial charge on any atom is -0.748 e. The van der Waals surface area contributed by atoms with E-state index in [0.29, 0.717) is 51.9 Å². The largest absolute Gasteiger partial charge is 0.748 e. The summed E-state index contributed by atoms with van der Waals surface area (Å²) < 4.78 is 126. The van der Waals surface area contributed by atoms with E-state index < -0.39 is 74.5 Å². The molecular weight excluding hydrogens is 911 g/mol. The van der Waals surface area contributed by atoms with Crippen molar-refractivity contribution in [3.8, 4) is 0 Å². The van der Waals surface area contributed by atoms with Crippen LogP contribution < -0.4 is 4.90 Å². The third-order valence-corrected chi connectivity index (χ3v) is 13.9. The molecule has 1 fully saturated rings. The quantitative estimate of drug-likeness (QED) is 0.0509. The third kappa shape index (κ3) is 12.3. The van der Waals surface area contributed by atoms with Gasteiger partial charge in [0.15, 0.2) is 12.3 Å². The van der Waals surface area contributed by atoms with Gasteiger partial charge in [0.2, 0.25) is 5.69 Å². The first kappa shape index (κ1) is 51.1. The number of hydroxylamine groups is 2. The predicted octanol–water partition coefficient (Wildman–Crippen LogP) is 3.20. The number of allylic oxidation sites excluding steroid dienone is 8. The van der Waals surface area contributed by atoms with E-state index in [1.807, 2.05) is 22.5 Å². The summed E-state index contributed by atoms with van der Waals surface area (Å²) in [5.41, 5.74) is 1.73. The van der Waals surface area contributed by atoms with Crippen LogP contribution in [0.25, 0.3) is 0 Å². The molecular formula is C43H51N3O16S3-2. The smallest absolute Gasteiger partial charge is 0.335 e. The normalized spacial score (nSPS) is 21.0. The molecule has 2 aromatic rings. The lowest BCUT2D eigenvalue weighted by Gasteiger charge is -2.30. The fourth-order valence-corrected chi connectivity index (χ4v) is 9.67. The van der Waals surface area contributed by atoms with E-state index in [1.165, 1.54) is 44.6 Å². The number of carbonyl (C=O) groups is 3. The standard InChI is InChI=1S/C43H53N3O16S3/c1-42(20-10-28-63(50,51)52)33-29-31(64(53,54)55)13-15-35(33)44(22-26-60-4)37(42)11-8-6-5-7-9-12-38-43(2,21-25-59-3)34-30-32(65(56,57)58)14-16-36(34)45(38)23-27-61-24-19-41(49)62-46-39(47)17-18-40(46)48/h5-9,11-16,29-30H,10,17-28H2,1-4H3,(H2-,50,51,52,53,54,55,56,57,58)/p-2. The summed E-state index contributed by atoms with van der Waals surface area (Å²) in [6, 6.07) is 8.15. The number of nitrogens with zero attached hydrogens (tertiary/aromatic N) is 3. The van der Waals surface area contributed by atoms with Crippen LogP contribution in [0.3, 0.4) is 0 Å². The van der Waals surface area contributed by atoms with Crippen molar-refractivity contribution < 1.29 is 76.9 Å². The van der Waals surface area contributed by atoms with Crippen molar-refractivity contribution in [3.63, 3.8) is 0 Å². The van der Waals surface area contributed by atoms with Gasteiger partial charge in [-0.2, -0.15) is 4.58 Å². The highest BCUT2D eigenvalue weighted by molar-refractivity contribution is 7.86. The molecule has 22 heteroatoms. The van der Waals surface area contributed by atoms with E-state index in [-0.39, 0.29) is 65.1 Å². The summed E-state index contributed by atoms with van der Waals surface area (Å²) in [6.45, 7) is 4.74. The van der Waals surface area contributed by atoms with Gasteiger partial charge in [-0.3, -0.25) is 9.59 Å². The predicted molar refractivity (Wildman–Crippen MR) is 231 cm³/mol. The molecule has 0 aromatic heterocycles. The molecule has 3 heterocycles. The van der Waals surface area contributed by atoms with Crippen molar-refractivity contribution in [2.75, 3.05) is 64.4 Å². The molecule has 2 amide bonds. The number of imide groups is 1. The van der Waals surface area contributed by atoms with Gasteiger partial charge in [-0.15, -0.1) is 5.06 Å². The minimum absolute atomic E-state index is 0.0387. The summed E-state index contributed by atoms with van der Waals surface area (Å²) in [6.07, 6.45) is 12.4. The van der Waals surface area contributed by atoms with Crippen LogP contribution in [0.15, 0.2) is 94.4 Å². The Hall–Kier alpha value is -4.91. The lowest BCUT2D eigenvalue weighted by molar-refractivity contribution is -0.441. The number of methoxy groups -OCH3 is 2. The molecule has 0 spiro atoms. The van der Waals surface area contributed by atoms with Crippen molar-refractivity contribution in [2.24, 2.45) is 0 Å². The Morgan fingerprint density at radius 3 is 2.02 bits per heavy atom. The summed E-state index contributed by atoms with van der Waals surface area (Å²) in [4.78, 5) is 41.9. The van der Waals surface area contributed by atoms with E-state index in [4.69, 9.17) is 19.0 Å². The molecule has 2 aromatic carbocycles. The van der Waals surface area contributed by atoms with Crippen molar-refractivity contribution in [1.29, 1.82) is 0 Å². The highest BCUT2D eigenvalue weighted by Crippen LogP contribution is 2.50. The summed E-state index contributed by atoms with van der Waals surface area (Å²) in [5.74, 6) is -2.67. The molecule has 2 atom stereocenters. The van der Waals surface area contributed by atoms with Gasteiger partial charge in [-0.05, 0) is 75.1 Å². The lowest BCUT2D eigenvalue weighted by atomic mass is 9.76. The fraction of sp³-hybridized carbons (Fsp3) is 0.442. The number of rotatable bonds is 23. The first-order valence-electron chi connectivity index (χ1n) is 20.5. The van der Waals surface area contributed by atoms with Gasteiger partial charge in [0.05, 0.1) is 45.0 Å². The molecule has 0 radical (unpaired) electrons. The highest BCUT2D eigenvalue weighted by Gasteiger charge is 2.48. The minimum atomic E-state index is -4.84. The van der Waals surface area contributed by atoms with Gasteiger partial charge < -0.3 is 37.6 Å². The molecule has 65 heavy (non-hydrogen) atoms. The number of benzene rings is 2. The maximum absolute atomic E-state index is 12.3. The SMILES string of the molecule is COCC[N+]1=C(/C=C/C=C/C=C/C=C2/N(CCOCCC(=O)ON3C(=O)CCC3=O)c3ccc(S(=O)(=O)[O-])cc3C2(C)CCOC)C(C)(CCCS(=O)(=O)[O-])c2cc(S(=O)(=O)[O-])ccc21. The Kier molecular flexibility index (Phi) is 16.6. The van der Waals surface area contributed by atoms with Gasteiger partial charge in [0.1, 0.15) is 26.8 Å². The zero-order valence-electron chi connectivity index (χ0n) is 36.3. The topological polar surface area (TPSA) is 269 Å². The molecule has 19 nitrogen and oxygen atoms in total. The summed E-state index contributed by atoms with van der Waals surface area (Å²) in [7, 11) is -11.2. The van der Waals surface area contributed by atoms with Gasteiger partial charge >= 0.3 is 5.97 Å². The molecule has 2 unspecified atom stereocenters. The van der Waals surface area contributed by atoms with Crippen LogP contribution >= 0.6 is 0 Å². The Morgan fingerprint density at radius 2 is 1.38 bits per heavy atom. The van der Waals surface area contributed by atoms with Crippen molar-refractivity contribution >= 4 is 65.2 Å². The van der Waals surface area contributed by atoms with E-state index in [9.17, 15) is 53.3 Å². The molecule has 354 valence electrons. The Bertz CT molecular complexity index is 2640. The summed E-state index contributed by atoms with van der Waals surface area (Å²) in [5, 5.41) is 0.459. The third-order valence-electron chi connectivity index (χ3n) is 11.5. The van der Waals surface area contributed by atoms with Crippen molar-refractivity contribution in [2.45, 2.75) is 73.0 Å². The lowest BCUT2D eigenvalue weighted by Crippen LogP contribution is -2.33. The second-order valence-corrected chi connectivity index (χ2v) is 20.1. The molecule has 1 saturated heterocycles. The van der Waals surface area contributed by atoms with Gasteiger partial charge in [-0.25, -0.2) is 30.0 Å². The molecule has 0 saturated carbocycles. The molecule has 3 aliphatic rings. The van der Waals surface area contributed by atoms with Gasteiger partial charge in [0, 0.05) is 80.5 Å². The van der Waals surface area contributed by atoms with E-state index in [0.717, 1.165) is 0 Å². The van der Waals surface area contributed by atoms with Crippen LogP contribution in [-0.2, 0) is 74.6 Å². The number of hydrogen-bond acceptors (Lipinski definition) is 17. The number of ether oxygens (including phenoxy) is 3. The van der Waals surface area contributed by atoms with Gasteiger partial charge in [-0.1, -0.05) is 30.4 Å². The number of hydrogen-bond donors (Lipinski definition) is 0. The second-order valence-electron chi connectivity index (χ2n) is 15.8. The molecule has 0 N–H and O–H groups in total. The molecule has 0 bridgehead atoms. The highest BCUT2D eigenvalue weighted by atomic mass is 32.2. The van der Waals surface area contributed by atoms with Crippen LogP contribution in [0, 0.1) is 0 Å². The van der Waals surface area contributed by atoms with E-state index >= 15 is 0 Å². The first-order valence-corrected chi connectivity index (χ1v) is 24.9. The molecule has 3 aliphatic heterocycles. The van der Waals surface area contributed by atoms with Crippen LogP contribution in [-0.4, -0.2) is 132 Å². The van der Waals surface area contributed by atoms with Crippen LogP contribution in [0.2, 0.25) is 0 Å². The Labute approximate surface area is 378 Å². The number of fused-ring (bicyclic) bond motifs is 2. The molecule has 5 rings (SSSR count). The average Bonchev–Trinajstić information content (AvgIpc) is 3.76. The van der Waals surface area contributed by atoms with Gasteiger partial charge in [0.25, 0.3) is 11.8 Å². The van der Waals surface area contributed by atoms with E-state index in [2.05, 4.69) is 0 Å². The first-order chi connectivity index (χ1) is 30.5. The Balaban J connectivity index is 1.41.